The normalized spacial score (nSPS) is 9.18. The van der Waals surface area contributed by atoms with Crippen molar-refractivity contribution in [3.05, 3.63) is 29.8 Å². The van der Waals surface area contributed by atoms with Crippen LogP contribution in [0.25, 0.3) is 0 Å². The topological polar surface area (TPSA) is 34.1 Å². The van der Waals surface area contributed by atoms with E-state index in [9.17, 15) is 9.59 Å². The summed E-state index contributed by atoms with van der Waals surface area (Å²) in [7, 11) is 11.1. The first-order chi connectivity index (χ1) is 10.2. The maximum absolute atomic E-state index is 10.8. The fraction of sp³-hybridized carbons (Fsp3) is 0.467. The summed E-state index contributed by atoms with van der Waals surface area (Å²) in [6, 6.07) is 7.95. The zero-order valence-electron chi connectivity index (χ0n) is 13.5. The molecule has 22 heavy (non-hydrogen) atoms. The Bertz CT molecular complexity index is 497. The lowest BCUT2D eigenvalue weighted by atomic mass is 10.2. The van der Waals surface area contributed by atoms with Crippen molar-refractivity contribution >= 4 is 54.8 Å². The molecular weight excluding hydrogens is 368 g/mol. The van der Waals surface area contributed by atoms with Crippen molar-refractivity contribution < 1.29 is 9.59 Å². The van der Waals surface area contributed by atoms with E-state index < -0.39 is 0 Å². The molecule has 2 unspecified atom stereocenters. The summed E-state index contributed by atoms with van der Waals surface area (Å²) in [5.74, 6) is 0. The SMILES string of the molecule is CC(=O)P.CCCCC.O=C(P)Cc1ccc([S-](=P)=P)cc1. The minimum Gasteiger partial charge on any atom is -0.401 e. The van der Waals surface area contributed by atoms with Gasteiger partial charge in [-0.15, -0.1) is 4.90 Å². The van der Waals surface area contributed by atoms with Crippen LogP contribution >= 0.6 is 34.5 Å². The highest BCUT2D eigenvalue weighted by atomic mass is 32.7. The second kappa shape index (κ2) is 16.2. The van der Waals surface area contributed by atoms with E-state index in [0.29, 0.717) is 6.42 Å². The molecule has 0 heterocycles. The number of rotatable bonds is 5. The number of carbonyl (C=O) groups excluding carboxylic acids is 2. The Kier molecular flexibility index (Phi) is 18.2. The van der Waals surface area contributed by atoms with Crippen LogP contribution in [0.5, 0.6) is 0 Å². The summed E-state index contributed by atoms with van der Waals surface area (Å²) < 4.78 is 0. The molecule has 0 radical (unpaired) electrons. The van der Waals surface area contributed by atoms with E-state index in [4.69, 9.17) is 0 Å². The second-order valence-corrected chi connectivity index (χ2v) is 10.8. The molecule has 2 nitrogen and oxygen atoms in total. The molecule has 1 aromatic rings. The molecule has 0 bridgehead atoms. The number of carbonyl (C=O) groups is 2. The highest BCUT2D eigenvalue weighted by Gasteiger charge is 1.94. The van der Waals surface area contributed by atoms with Crippen molar-refractivity contribution in [3.63, 3.8) is 0 Å². The molecule has 1 rings (SSSR count). The minimum atomic E-state index is -0.0789. The highest BCUT2D eigenvalue weighted by Crippen LogP contribution is 2.11. The van der Waals surface area contributed by atoms with Gasteiger partial charge in [0.05, 0.1) is 0 Å². The molecule has 0 saturated carbocycles. The maximum atomic E-state index is 10.8. The fourth-order valence-corrected chi connectivity index (χ4v) is 2.76. The molecule has 126 valence electrons. The van der Waals surface area contributed by atoms with Crippen molar-refractivity contribution in [1.82, 2.24) is 0 Å². The molecule has 0 aromatic heterocycles. The summed E-state index contributed by atoms with van der Waals surface area (Å²) >= 11 is 0. The molecule has 0 amide bonds. The second-order valence-electron chi connectivity index (χ2n) is 4.56. The zero-order valence-corrected chi connectivity index (χ0v) is 18.6. The Morgan fingerprint density at radius 1 is 1.05 bits per heavy atom. The van der Waals surface area contributed by atoms with Crippen LogP contribution in [-0.4, -0.2) is 11.0 Å². The summed E-state index contributed by atoms with van der Waals surface area (Å²) in [5.41, 5.74) is 1.25. The number of hydrogen-bond acceptors (Lipinski definition) is 3. The first-order valence-electron chi connectivity index (χ1n) is 7.04. The zero-order chi connectivity index (χ0) is 17.5. The lowest BCUT2D eigenvalue weighted by Crippen LogP contribution is -1.92. The van der Waals surface area contributed by atoms with Crippen LogP contribution in [0.1, 0.15) is 45.6 Å². The third-order valence-corrected chi connectivity index (χ3v) is 4.61. The first-order valence-corrected chi connectivity index (χ1v) is 11.9. The molecule has 1 aromatic carbocycles. The average Bonchev–Trinajstić information content (AvgIpc) is 2.39. The Balaban J connectivity index is 0. The summed E-state index contributed by atoms with van der Waals surface area (Å²) in [6.45, 7) is 5.91. The fourth-order valence-electron chi connectivity index (χ4n) is 1.30. The number of benzene rings is 1. The van der Waals surface area contributed by atoms with Crippen LogP contribution in [0.4, 0.5) is 0 Å². The third-order valence-electron chi connectivity index (χ3n) is 2.24. The molecule has 0 aliphatic carbocycles. The molecule has 0 fully saturated rings. The third kappa shape index (κ3) is 18.4. The maximum Gasteiger partial charge on any atom is 0.152 e. The van der Waals surface area contributed by atoms with E-state index in [1.807, 2.05) is 33.5 Å². The average molecular weight is 395 g/mol. The van der Waals surface area contributed by atoms with Crippen molar-refractivity contribution in [1.29, 1.82) is 0 Å². The van der Waals surface area contributed by atoms with Gasteiger partial charge in [0.1, 0.15) is 5.52 Å². The molecule has 0 N–H and O–H groups in total. The van der Waals surface area contributed by atoms with Gasteiger partial charge in [-0.2, -0.15) is 0 Å². The lowest BCUT2D eigenvalue weighted by molar-refractivity contribution is -0.110. The lowest BCUT2D eigenvalue weighted by Gasteiger charge is -2.06. The van der Waals surface area contributed by atoms with Gasteiger partial charge >= 0.3 is 0 Å². The van der Waals surface area contributed by atoms with Gasteiger partial charge in [0, 0.05) is 6.42 Å². The van der Waals surface area contributed by atoms with Crippen LogP contribution in [0.3, 0.4) is 0 Å². The predicted molar refractivity (Wildman–Crippen MR) is 113 cm³/mol. The van der Waals surface area contributed by atoms with E-state index in [2.05, 4.69) is 39.1 Å². The van der Waals surface area contributed by atoms with Gasteiger partial charge in [0.25, 0.3) is 0 Å². The number of unbranched alkanes of at least 4 members (excludes halogenated alkanes) is 2. The quantitative estimate of drug-likeness (QED) is 0.499. The van der Waals surface area contributed by atoms with E-state index in [1.165, 1.54) is 31.1 Å². The Morgan fingerprint density at radius 3 is 1.68 bits per heavy atom. The molecule has 2 atom stereocenters. The van der Waals surface area contributed by atoms with E-state index in [1.54, 1.807) is 0 Å². The van der Waals surface area contributed by atoms with Crippen molar-refractivity contribution in [3.8, 4) is 0 Å². The van der Waals surface area contributed by atoms with Gasteiger partial charge in [0.15, 0.2) is 5.52 Å². The van der Waals surface area contributed by atoms with Gasteiger partial charge in [-0.25, -0.2) is 0 Å². The molecule has 0 aliphatic heterocycles. The van der Waals surface area contributed by atoms with Gasteiger partial charge in [-0.3, -0.25) is 25.6 Å². The molecular formula is C15H27O2P4S-. The van der Waals surface area contributed by atoms with Crippen molar-refractivity contribution in [2.24, 2.45) is 0 Å². The minimum absolute atomic E-state index is 0.0789. The van der Waals surface area contributed by atoms with Crippen LogP contribution in [0.15, 0.2) is 29.2 Å². The van der Waals surface area contributed by atoms with Crippen LogP contribution < -0.4 is 0 Å². The van der Waals surface area contributed by atoms with Gasteiger partial charge in [-0.1, -0.05) is 75.9 Å². The van der Waals surface area contributed by atoms with E-state index >= 15 is 0 Å². The van der Waals surface area contributed by atoms with E-state index in [-0.39, 0.29) is 20.3 Å². The van der Waals surface area contributed by atoms with Gasteiger partial charge < -0.3 is 9.25 Å². The number of hydrogen-bond donors (Lipinski definition) is 0. The Morgan fingerprint density at radius 2 is 1.45 bits per heavy atom. The standard InChI is InChI=1S/C8H10OP3S.C5H12.C2H5OP/c9-8(10)5-6-1-3-7(4-2-6)13(11)12;1-3-5-4-2;1-2(3)4/h1-4,11-12H,5,10H2;3-5H2,1-2H3;4H2,1H3/q-1;;. The first kappa shape index (κ1) is 24.6. The highest BCUT2D eigenvalue weighted by molar-refractivity contribution is 8.29. The van der Waals surface area contributed by atoms with Crippen LogP contribution in [0, 0.1) is 0 Å². The summed E-state index contributed by atoms with van der Waals surface area (Å²) in [4.78, 5) is 21.4. The predicted octanol–water partition coefficient (Wildman–Crippen LogP) is 5.33. The summed E-state index contributed by atoms with van der Waals surface area (Å²) in [6.07, 6.45) is 4.56. The van der Waals surface area contributed by atoms with Gasteiger partial charge in [0.2, 0.25) is 0 Å². The molecule has 0 aliphatic rings. The van der Waals surface area contributed by atoms with Crippen LogP contribution in [-0.2, 0) is 25.3 Å². The Labute approximate surface area is 145 Å². The summed E-state index contributed by atoms with van der Waals surface area (Å²) in [5, 5.41) is 0. The molecule has 0 spiro atoms. The monoisotopic (exact) mass is 395 g/mol. The van der Waals surface area contributed by atoms with Crippen molar-refractivity contribution in [2.75, 3.05) is 0 Å². The van der Waals surface area contributed by atoms with Gasteiger partial charge in [-0.05, 0) is 12.5 Å². The molecule has 0 saturated heterocycles. The van der Waals surface area contributed by atoms with Crippen molar-refractivity contribution in [2.45, 2.75) is 51.3 Å². The molecule has 7 heteroatoms. The largest absolute Gasteiger partial charge is 0.401 e. The smallest absolute Gasteiger partial charge is 0.152 e. The van der Waals surface area contributed by atoms with Crippen LogP contribution in [0.2, 0.25) is 0 Å². The van der Waals surface area contributed by atoms with E-state index in [0.717, 1.165) is 5.56 Å². The Hall–Kier alpha value is 0.370.